The first-order chi connectivity index (χ1) is 12.7. The molecule has 3 aromatic rings. The molecule has 1 N–H and O–H groups in total. The first kappa shape index (κ1) is 16.5. The predicted molar refractivity (Wildman–Crippen MR) is 97.0 cm³/mol. The Hall–Kier alpha value is -2.96. The number of aromatic nitrogens is 4. The Labute approximate surface area is 150 Å². The average molecular weight is 351 g/mol. The van der Waals surface area contributed by atoms with Crippen LogP contribution in [0.15, 0.2) is 41.5 Å². The second-order valence-corrected chi connectivity index (χ2v) is 6.60. The van der Waals surface area contributed by atoms with Crippen LogP contribution in [0.25, 0.3) is 5.52 Å². The van der Waals surface area contributed by atoms with Crippen LogP contribution in [-0.2, 0) is 30.6 Å². The number of benzene rings is 1. The zero-order valence-corrected chi connectivity index (χ0v) is 14.5. The molecular formula is C19H21N5O2. The van der Waals surface area contributed by atoms with Gasteiger partial charge in [-0.2, -0.15) is 10.2 Å². The van der Waals surface area contributed by atoms with E-state index in [0.29, 0.717) is 12.1 Å². The van der Waals surface area contributed by atoms with Gasteiger partial charge < -0.3 is 5.32 Å². The number of rotatable bonds is 5. The van der Waals surface area contributed by atoms with Crippen molar-refractivity contribution in [1.82, 2.24) is 24.7 Å². The van der Waals surface area contributed by atoms with E-state index in [1.54, 1.807) is 4.52 Å². The second kappa shape index (κ2) is 7.11. The molecule has 1 aliphatic carbocycles. The summed E-state index contributed by atoms with van der Waals surface area (Å²) in [5, 5.41) is 11.4. The molecule has 0 saturated heterocycles. The number of aryl methyl sites for hydroxylation is 2. The van der Waals surface area contributed by atoms with Gasteiger partial charge >= 0.3 is 0 Å². The van der Waals surface area contributed by atoms with E-state index in [1.165, 1.54) is 11.0 Å². The molecule has 4 rings (SSSR count). The minimum atomic E-state index is -0.249. The molecular weight excluding hydrogens is 330 g/mol. The van der Waals surface area contributed by atoms with Gasteiger partial charge in [0.2, 0.25) is 5.91 Å². The van der Waals surface area contributed by atoms with E-state index in [0.717, 1.165) is 48.9 Å². The Morgan fingerprint density at radius 2 is 1.96 bits per heavy atom. The monoisotopic (exact) mass is 351 g/mol. The van der Waals surface area contributed by atoms with Crippen molar-refractivity contribution >= 4 is 11.4 Å². The molecule has 1 aliphatic rings. The largest absolute Gasteiger partial charge is 0.354 e. The van der Waals surface area contributed by atoms with Gasteiger partial charge in [-0.15, -0.1) is 0 Å². The fraction of sp³-hybridized carbons (Fsp3) is 0.368. The summed E-state index contributed by atoms with van der Waals surface area (Å²) < 4.78 is 2.78. The Kier molecular flexibility index (Phi) is 4.51. The number of hydrogen-bond donors (Lipinski definition) is 1. The van der Waals surface area contributed by atoms with E-state index < -0.39 is 0 Å². The molecule has 0 fully saturated rings. The number of amides is 1. The van der Waals surface area contributed by atoms with Crippen LogP contribution in [-0.4, -0.2) is 31.8 Å². The Morgan fingerprint density at radius 3 is 2.81 bits per heavy atom. The van der Waals surface area contributed by atoms with Gasteiger partial charge in [0.05, 0.1) is 5.69 Å². The summed E-state index contributed by atoms with van der Waals surface area (Å²) >= 11 is 0. The van der Waals surface area contributed by atoms with Crippen molar-refractivity contribution in [3.05, 3.63) is 63.8 Å². The topological polar surface area (TPSA) is 81.3 Å². The van der Waals surface area contributed by atoms with E-state index in [4.69, 9.17) is 0 Å². The fourth-order valence-electron chi connectivity index (χ4n) is 3.47. The van der Waals surface area contributed by atoms with Gasteiger partial charge in [-0.1, -0.05) is 30.3 Å². The van der Waals surface area contributed by atoms with Gasteiger partial charge in [-0.3, -0.25) is 9.59 Å². The third-order valence-corrected chi connectivity index (χ3v) is 4.79. The minimum Gasteiger partial charge on any atom is -0.354 e. The molecule has 0 aliphatic heterocycles. The second-order valence-electron chi connectivity index (χ2n) is 6.60. The lowest BCUT2D eigenvalue weighted by molar-refractivity contribution is -0.121. The standard InChI is InChI=1S/C19H21N5O2/c25-17(20-11-10-14-6-2-1-3-7-14)12-23-19(26)18-15-8-4-5-9-16(15)22-24(18)13-21-23/h1-3,6-7,13H,4-5,8-12H2,(H,20,25). The summed E-state index contributed by atoms with van der Waals surface area (Å²) in [6.07, 6.45) is 6.20. The number of fused-ring (bicyclic) bond motifs is 3. The molecule has 0 unspecified atom stereocenters. The molecule has 0 radical (unpaired) electrons. The number of carbonyl (C=O) groups is 1. The molecule has 2 heterocycles. The van der Waals surface area contributed by atoms with Crippen molar-refractivity contribution in [3.8, 4) is 0 Å². The first-order valence-corrected chi connectivity index (χ1v) is 8.99. The zero-order chi connectivity index (χ0) is 17.9. The van der Waals surface area contributed by atoms with Crippen LogP contribution in [0, 0.1) is 0 Å². The van der Waals surface area contributed by atoms with Crippen LogP contribution in [0.5, 0.6) is 0 Å². The quantitative estimate of drug-likeness (QED) is 0.747. The predicted octanol–water partition coefficient (Wildman–Crippen LogP) is 1.13. The van der Waals surface area contributed by atoms with Crippen LogP contribution in [0.2, 0.25) is 0 Å². The van der Waals surface area contributed by atoms with Crippen molar-refractivity contribution in [3.63, 3.8) is 0 Å². The minimum absolute atomic E-state index is 0.0793. The van der Waals surface area contributed by atoms with Gasteiger partial charge in [0, 0.05) is 12.1 Å². The van der Waals surface area contributed by atoms with Gasteiger partial charge in [-0.25, -0.2) is 9.20 Å². The van der Waals surface area contributed by atoms with Crippen molar-refractivity contribution in [2.75, 3.05) is 6.54 Å². The normalized spacial score (nSPS) is 13.5. The maximum absolute atomic E-state index is 12.8. The lowest BCUT2D eigenvalue weighted by Gasteiger charge is -2.09. The first-order valence-electron chi connectivity index (χ1n) is 8.99. The smallest absolute Gasteiger partial charge is 0.293 e. The van der Waals surface area contributed by atoms with Crippen molar-refractivity contribution < 1.29 is 4.79 Å². The third-order valence-electron chi connectivity index (χ3n) is 4.79. The van der Waals surface area contributed by atoms with Crippen molar-refractivity contribution in [2.24, 2.45) is 0 Å². The van der Waals surface area contributed by atoms with E-state index in [2.05, 4.69) is 15.5 Å². The lowest BCUT2D eigenvalue weighted by atomic mass is 9.97. The van der Waals surface area contributed by atoms with Crippen LogP contribution < -0.4 is 10.9 Å². The molecule has 0 bridgehead atoms. The van der Waals surface area contributed by atoms with Crippen LogP contribution in [0.1, 0.15) is 29.7 Å². The van der Waals surface area contributed by atoms with E-state index >= 15 is 0 Å². The molecule has 1 aromatic carbocycles. The Morgan fingerprint density at radius 1 is 1.15 bits per heavy atom. The third kappa shape index (κ3) is 3.24. The van der Waals surface area contributed by atoms with Gasteiger partial charge in [0.1, 0.15) is 18.4 Å². The molecule has 7 heteroatoms. The lowest BCUT2D eigenvalue weighted by Crippen LogP contribution is -2.35. The van der Waals surface area contributed by atoms with Crippen LogP contribution in [0.4, 0.5) is 0 Å². The van der Waals surface area contributed by atoms with Gasteiger partial charge in [0.15, 0.2) is 0 Å². The molecule has 0 spiro atoms. The highest BCUT2D eigenvalue weighted by atomic mass is 16.2. The maximum atomic E-state index is 12.8. The summed E-state index contributed by atoms with van der Waals surface area (Å²) in [5.74, 6) is -0.215. The Balaban J connectivity index is 1.46. The summed E-state index contributed by atoms with van der Waals surface area (Å²) in [7, 11) is 0. The van der Waals surface area contributed by atoms with E-state index in [-0.39, 0.29) is 18.0 Å². The van der Waals surface area contributed by atoms with E-state index in [9.17, 15) is 9.59 Å². The highest BCUT2D eigenvalue weighted by Crippen LogP contribution is 2.22. The van der Waals surface area contributed by atoms with Crippen LogP contribution in [0.3, 0.4) is 0 Å². The molecule has 2 aromatic heterocycles. The highest BCUT2D eigenvalue weighted by Gasteiger charge is 2.20. The van der Waals surface area contributed by atoms with Gasteiger partial charge in [0.25, 0.3) is 5.56 Å². The molecule has 134 valence electrons. The number of nitrogens with zero attached hydrogens (tertiary/aromatic N) is 4. The molecule has 0 atom stereocenters. The van der Waals surface area contributed by atoms with E-state index in [1.807, 2.05) is 30.3 Å². The number of hydrogen-bond acceptors (Lipinski definition) is 4. The summed E-state index contributed by atoms with van der Waals surface area (Å²) in [6, 6.07) is 9.96. The average Bonchev–Trinajstić information content (AvgIpc) is 3.04. The molecule has 1 amide bonds. The summed E-state index contributed by atoms with van der Waals surface area (Å²) in [5.41, 5.74) is 3.48. The van der Waals surface area contributed by atoms with Crippen molar-refractivity contribution in [1.29, 1.82) is 0 Å². The summed E-state index contributed by atoms with van der Waals surface area (Å²) in [4.78, 5) is 24.9. The summed E-state index contributed by atoms with van der Waals surface area (Å²) in [6.45, 7) is 0.450. The SMILES string of the molecule is O=C(Cn1ncn2nc3c(c2c1=O)CCCC3)NCCc1ccccc1. The molecule has 0 saturated carbocycles. The Bertz CT molecular complexity index is 990. The van der Waals surface area contributed by atoms with Gasteiger partial charge in [-0.05, 0) is 37.7 Å². The zero-order valence-electron chi connectivity index (χ0n) is 14.5. The highest BCUT2D eigenvalue weighted by molar-refractivity contribution is 5.75. The fourth-order valence-corrected chi connectivity index (χ4v) is 3.47. The van der Waals surface area contributed by atoms with Crippen molar-refractivity contribution in [2.45, 2.75) is 38.6 Å². The number of carbonyl (C=O) groups excluding carboxylic acids is 1. The number of nitrogens with one attached hydrogen (secondary N) is 1. The maximum Gasteiger partial charge on any atom is 0.293 e. The molecule has 7 nitrogen and oxygen atoms in total. The van der Waals surface area contributed by atoms with Crippen LogP contribution >= 0.6 is 0 Å². The molecule has 26 heavy (non-hydrogen) atoms.